The Balaban J connectivity index is 1.13. The molecule has 0 saturated carbocycles. The van der Waals surface area contributed by atoms with Gasteiger partial charge in [-0.05, 0) is 60.2 Å². The van der Waals surface area contributed by atoms with Crippen molar-refractivity contribution in [1.29, 1.82) is 0 Å². The smallest absolute Gasteiger partial charge is 0.138 e. The summed E-state index contributed by atoms with van der Waals surface area (Å²) < 4.78 is 6.99. The molecule has 0 atom stereocenters. The van der Waals surface area contributed by atoms with Gasteiger partial charge in [-0.15, -0.1) is 0 Å². The van der Waals surface area contributed by atoms with Crippen LogP contribution in [0.4, 0.5) is 0 Å². The molecule has 0 aliphatic heterocycles. The summed E-state index contributed by atoms with van der Waals surface area (Å²) in [6.07, 6.45) is 5.83. The molecule has 0 unspecified atom stereocenters. The van der Waals surface area contributed by atoms with Crippen LogP contribution in [0.15, 0.2) is 176 Å². The van der Waals surface area contributed by atoms with Crippen LogP contribution in [0.3, 0.4) is 0 Å². The third kappa shape index (κ3) is 4.03. The van der Waals surface area contributed by atoms with E-state index in [0.717, 1.165) is 55.8 Å². The Morgan fingerprint density at radius 1 is 0.373 bits per heavy atom. The Bertz CT molecular complexity index is 3050. The molecule has 0 N–H and O–H groups in total. The number of benzene rings is 6. The lowest BCUT2D eigenvalue weighted by Gasteiger charge is -2.15. The summed E-state index contributed by atoms with van der Waals surface area (Å²) in [5, 5.41) is 7.21. The van der Waals surface area contributed by atoms with Crippen LogP contribution in [0.1, 0.15) is 0 Å². The van der Waals surface area contributed by atoms with Gasteiger partial charge in [0.2, 0.25) is 0 Å². The number of para-hydroxylation sites is 5. The van der Waals surface area contributed by atoms with Crippen LogP contribution >= 0.6 is 0 Å². The van der Waals surface area contributed by atoms with Gasteiger partial charge in [-0.2, -0.15) is 0 Å². The molecule has 0 aliphatic carbocycles. The monoisotopic (exact) mass is 651 g/mol. The van der Waals surface area contributed by atoms with E-state index in [1.807, 2.05) is 18.6 Å². The van der Waals surface area contributed by atoms with Gasteiger partial charge in [0.05, 0.1) is 51.2 Å². The van der Waals surface area contributed by atoms with E-state index in [1.165, 1.54) is 38.0 Å². The first-order valence-electron chi connectivity index (χ1n) is 17.2. The van der Waals surface area contributed by atoms with Gasteiger partial charge in [0.1, 0.15) is 5.82 Å². The third-order valence-corrected chi connectivity index (χ3v) is 10.4. The molecule has 51 heavy (non-hydrogen) atoms. The first-order valence-corrected chi connectivity index (χ1v) is 17.2. The minimum Gasteiger partial charge on any atom is -0.309 e. The lowest BCUT2D eigenvalue weighted by atomic mass is 10.0. The highest BCUT2D eigenvalue weighted by Crippen LogP contribution is 2.39. The van der Waals surface area contributed by atoms with Crippen molar-refractivity contribution in [1.82, 2.24) is 23.7 Å². The molecule has 0 saturated heterocycles. The number of pyridine rings is 2. The summed E-state index contributed by atoms with van der Waals surface area (Å²) in [5.41, 5.74) is 11.3. The van der Waals surface area contributed by atoms with Crippen molar-refractivity contribution in [2.75, 3.05) is 0 Å². The van der Waals surface area contributed by atoms with Gasteiger partial charge in [0.25, 0.3) is 0 Å². The van der Waals surface area contributed by atoms with E-state index in [0.29, 0.717) is 0 Å². The molecule has 238 valence electrons. The Morgan fingerprint density at radius 3 is 1.63 bits per heavy atom. The average molecular weight is 652 g/mol. The van der Waals surface area contributed by atoms with Crippen molar-refractivity contribution in [3.05, 3.63) is 176 Å². The second-order valence-corrected chi connectivity index (χ2v) is 13.1. The normalized spacial score (nSPS) is 11.9. The number of hydrogen-bond acceptors (Lipinski definition) is 2. The molecule has 0 spiro atoms. The van der Waals surface area contributed by atoms with Gasteiger partial charge < -0.3 is 9.13 Å². The zero-order valence-corrected chi connectivity index (χ0v) is 27.5. The Labute approximate surface area is 292 Å². The van der Waals surface area contributed by atoms with E-state index in [-0.39, 0.29) is 0 Å². The van der Waals surface area contributed by atoms with Crippen molar-refractivity contribution >= 4 is 65.4 Å². The number of rotatable bonds is 4. The van der Waals surface area contributed by atoms with E-state index in [9.17, 15) is 0 Å². The molecule has 0 radical (unpaired) electrons. The van der Waals surface area contributed by atoms with Crippen molar-refractivity contribution < 1.29 is 0 Å². The number of hydrogen-bond donors (Lipinski definition) is 0. The fourth-order valence-electron chi connectivity index (χ4n) is 8.23. The SMILES string of the molecule is c1cc(-c2ccccc2-n2c3ccccc3c3cc(-n4c5ccccc5c5ccncc54)ncc32)cc(-n2c3ccccc3c3ccccc32)c1. The van der Waals surface area contributed by atoms with Gasteiger partial charge in [-0.1, -0.05) is 103 Å². The quantitative estimate of drug-likeness (QED) is 0.190. The average Bonchev–Trinajstić information content (AvgIpc) is 3.84. The van der Waals surface area contributed by atoms with Gasteiger partial charge in [0.15, 0.2) is 0 Å². The third-order valence-electron chi connectivity index (χ3n) is 10.4. The predicted molar refractivity (Wildman–Crippen MR) is 210 cm³/mol. The maximum atomic E-state index is 5.15. The molecule has 5 heterocycles. The van der Waals surface area contributed by atoms with Gasteiger partial charge in [-0.25, -0.2) is 4.98 Å². The summed E-state index contributed by atoms with van der Waals surface area (Å²) in [7, 11) is 0. The van der Waals surface area contributed by atoms with Crippen molar-refractivity contribution in [2.24, 2.45) is 0 Å². The second kappa shape index (κ2) is 10.8. The second-order valence-electron chi connectivity index (χ2n) is 13.1. The van der Waals surface area contributed by atoms with E-state index in [2.05, 4.69) is 176 Å². The van der Waals surface area contributed by atoms with Crippen molar-refractivity contribution in [2.45, 2.75) is 0 Å². The van der Waals surface area contributed by atoms with Crippen LogP contribution in [0.2, 0.25) is 0 Å². The minimum absolute atomic E-state index is 0.872. The van der Waals surface area contributed by atoms with E-state index < -0.39 is 0 Å². The fraction of sp³-hybridized carbons (Fsp3) is 0. The molecule has 0 amide bonds. The molecule has 5 heteroatoms. The van der Waals surface area contributed by atoms with Crippen molar-refractivity contribution in [3.63, 3.8) is 0 Å². The summed E-state index contributed by atoms with van der Waals surface area (Å²) in [4.78, 5) is 9.64. The van der Waals surface area contributed by atoms with E-state index in [1.54, 1.807) is 0 Å². The molecule has 6 aromatic carbocycles. The molecule has 5 nitrogen and oxygen atoms in total. The first-order chi connectivity index (χ1) is 25.3. The summed E-state index contributed by atoms with van der Waals surface area (Å²) in [6.45, 7) is 0. The van der Waals surface area contributed by atoms with E-state index in [4.69, 9.17) is 4.98 Å². The molecule has 5 aromatic heterocycles. The molecule has 11 aromatic rings. The standard InChI is InChI=1S/C46H29N5/c1-6-19-39(32(14-1)30-12-11-13-31(26-30)49-40-20-7-2-15-33(40)34-16-3-8-21-41(34)49)50-42-22-9-5-18-36(42)38-27-46(48-29-45(38)50)51-43-23-10-4-17-35(43)37-24-25-47-28-44(37)51/h1-29H. The lowest BCUT2D eigenvalue weighted by molar-refractivity contribution is 1.07. The molecular weight excluding hydrogens is 623 g/mol. The topological polar surface area (TPSA) is 40.6 Å². The summed E-state index contributed by atoms with van der Waals surface area (Å²) >= 11 is 0. The molecule has 11 rings (SSSR count). The Kier molecular flexibility index (Phi) is 5.89. The highest BCUT2D eigenvalue weighted by molar-refractivity contribution is 6.12. The number of nitrogens with zero attached hydrogens (tertiary/aromatic N) is 5. The van der Waals surface area contributed by atoms with Crippen LogP contribution in [-0.4, -0.2) is 23.7 Å². The molecular formula is C46H29N5. The van der Waals surface area contributed by atoms with Crippen LogP contribution in [0, 0.1) is 0 Å². The highest BCUT2D eigenvalue weighted by Gasteiger charge is 2.19. The number of aromatic nitrogens is 5. The summed E-state index contributed by atoms with van der Waals surface area (Å²) in [6, 6.07) is 56.5. The number of fused-ring (bicyclic) bond motifs is 9. The van der Waals surface area contributed by atoms with Gasteiger partial charge in [-0.3, -0.25) is 9.55 Å². The fourth-order valence-corrected chi connectivity index (χ4v) is 8.23. The molecule has 0 fully saturated rings. The lowest BCUT2D eigenvalue weighted by Crippen LogP contribution is -2.00. The van der Waals surface area contributed by atoms with Crippen LogP contribution in [-0.2, 0) is 0 Å². The predicted octanol–water partition coefficient (Wildman–Crippen LogP) is 11.4. The van der Waals surface area contributed by atoms with E-state index >= 15 is 0 Å². The summed E-state index contributed by atoms with van der Waals surface area (Å²) in [5.74, 6) is 0.872. The van der Waals surface area contributed by atoms with Gasteiger partial charge >= 0.3 is 0 Å². The molecule has 0 aliphatic rings. The highest BCUT2D eigenvalue weighted by atomic mass is 15.1. The Hall–Kier alpha value is -6.98. The maximum Gasteiger partial charge on any atom is 0.138 e. The van der Waals surface area contributed by atoms with Crippen LogP contribution < -0.4 is 0 Å². The largest absolute Gasteiger partial charge is 0.309 e. The van der Waals surface area contributed by atoms with Crippen molar-refractivity contribution in [3.8, 4) is 28.3 Å². The molecule has 0 bridgehead atoms. The zero-order valence-electron chi connectivity index (χ0n) is 27.5. The first kappa shape index (κ1) is 27.9. The maximum absolute atomic E-state index is 5.15. The zero-order chi connectivity index (χ0) is 33.5. The minimum atomic E-state index is 0.872. The van der Waals surface area contributed by atoms with Crippen LogP contribution in [0.25, 0.3) is 93.7 Å². The van der Waals surface area contributed by atoms with Crippen LogP contribution in [0.5, 0.6) is 0 Å². The Morgan fingerprint density at radius 2 is 0.922 bits per heavy atom. The van der Waals surface area contributed by atoms with Gasteiger partial charge in [0, 0.05) is 49.8 Å².